The summed E-state index contributed by atoms with van der Waals surface area (Å²) in [6.45, 7) is 13.4. The molecule has 1 atom stereocenters. The molecule has 0 aromatic rings. The van der Waals surface area contributed by atoms with E-state index in [1.165, 1.54) is 0 Å². The molecule has 0 aliphatic rings. The van der Waals surface area contributed by atoms with Gasteiger partial charge in [-0.25, -0.2) is 0 Å². The Morgan fingerprint density at radius 1 is 1.00 bits per heavy atom. The van der Waals surface area contributed by atoms with Crippen LogP contribution >= 0.6 is 0 Å². The lowest BCUT2D eigenvalue weighted by atomic mass is 10.1. The summed E-state index contributed by atoms with van der Waals surface area (Å²) in [5.74, 6) is 1.41. The summed E-state index contributed by atoms with van der Waals surface area (Å²) in [6, 6.07) is 0. The van der Waals surface area contributed by atoms with Gasteiger partial charge in [0, 0.05) is 13.1 Å². The van der Waals surface area contributed by atoms with Crippen molar-refractivity contribution in [3.05, 3.63) is 0 Å². The fourth-order valence-corrected chi connectivity index (χ4v) is 1.54. The van der Waals surface area contributed by atoms with Gasteiger partial charge in [0.15, 0.2) is 0 Å². The summed E-state index contributed by atoms with van der Waals surface area (Å²) >= 11 is 0. The maximum Gasteiger partial charge on any atom is 0.0569 e. The lowest BCUT2D eigenvalue weighted by molar-refractivity contribution is 0.155. The Kier molecular flexibility index (Phi) is 6.35. The Morgan fingerprint density at radius 2 is 1.38 bits per heavy atom. The van der Waals surface area contributed by atoms with Crippen LogP contribution in [0.4, 0.5) is 0 Å². The first-order valence-electron chi connectivity index (χ1n) is 5.47. The van der Waals surface area contributed by atoms with Gasteiger partial charge in [0.25, 0.3) is 0 Å². The summed E-state index contributed by atoms with van der Waals surface area (Å²) in [6.07, 6.45) is 1.28. The minimum atomic E-state index is 0.241. The van der Waals surface area contributed by atoms with E-state index in [4.69, 9.17) is 5.73 Å². The van der Waals surface area contributed by atoms with Gasteiger partial charge in [0.05, 0.1) is 6.17 Å². The summed E-state index contributed by atoms with van der Waals surface area (Å²) < 4.78 is 0. The first kappa shape index (κ1) is 12.9. The molecule has 0 aliphatic carbocycles. The fourth-order valence-electron chi connectivity index (χ4n) is 1.54. The Hall–Kier alpha value is -0.0800. The molecule has 0 saturated heterocycles. The second-order valence-electron chi connectivity index (χ2n) is 4.72. The zero-order valence-corrected chi connectivity index (χ0v) is 9.88. The predicted octanol–water partition coefficient (Wildman–Crippen LogP) is 2.30. The second kappa shape index (κ2) is 6.39. The van der Waals surface area contributed by atoms with Gasteiger partial charge in [-0.1, -0.05) is 34.6 Å². The van der Waals surface area contributed by atoms with E-state index >= 15 is 0 Å². The maximum atomic E-state index is 6.04. The molecule has 2 nitrogen and oxygen atoms in total. The lowest BCUT2D eigenvalue weighted by Gasteiger charge is -2.31. The smallest absolute Gasteiger partial charge is 0.0569 e. The van der Waals surface area contributed by atoms with E-state index in [1.54, 1.807) is 0 Å². The van der Waals surface area contributed by atoms with Crippen molar-refractivity contribution >= 4 is 0 Å². The minimum absolute atomic E-state index is 0.241. The van der Waals surface area contributed by atoms with Gasteiger partial charge in [0.2, 0.25) is 0 Å². The molecule has 0 bridgehead atoms. The minimum Gasteiger partial charge on any atom is -0.316 e. The molecule has 0 amide bonds. The van der Waals surface area contributed by atoms with Gasteiger partial charge in [-0.15, -0.1) is 0 Å². The molecule has 0 aliphatic heterocycles. The average Bonchev–Trinajstić information content (AvgIpc) is 2.00. The molecule has 0 aromatic heterocycles. The van der Waals surface area contributed by atoms with E-state index in [2.05, 4.69) is 39.5 Å². The van der Waals surface area contributed by atoms with Crippen LogP contribution < -0.4 is 5.73 Å². The molecule has 0 radical (unpaired) electrons. The third kappa shape index (κ3) is 6.05. The molecular weight excluding hydrogens is 160 g/mol. The third-order valence-corrected chi connectivity index (χ3v) is 2.09. The number of nitrogens with zero attached hydrogens (tertiary/aromatic N) is 1. The van der Waals surface area contributed by atoms with E-state index in [-0.39, 0.29) is 6.17 Å². The van der Waals surface area contributed by atoms with Gasteiger partial charge in [0.1, 0.15) is 0 Å². The molecule has 2 heteroatoms. The van der Waals surface area contributed by atoms with Gasteiger partial charge < -0.3 is 5.73 Å². The molecular formula is C11H26N2. The maximum absolute atomic E-state index is 6.04. The number of hydrogen-bond donors (Lipinski definition) is 1. The largest absolute Gasteiger partial charge is 0.316 e. The Morgan fingerprint density at radius 3 is 1.62 bits per heavy atom. The van der Waals surface area contributed by atoms with E-state index in [1.807, 2.05) is 0 Å². The highest BCUT2D eigenvalue weighted by Crippen LogP contribution is 2.07. The first-order valence-corrected chi connectivity index (χ1v) is 5.47. The fraction of sp³-hybridized carbons (Fsp3) is 1.00. The van der Waals surface area contributed by atoms with Crippen molar-refractivity contribution in [3.63, 3.8) is 0 Å². The van der Waals surface area contributed by atoms with Crippen molar-refractivity contribution < 1.29 is 0 Å². The van der Waals surface area contributed by atoms with Gasteiger partial charge in [-0.3, -0.25) is 4.90 Å². The molecule has 0 rings (SSSR count). The van der Waals surface area contributed by atoms with Crippen LogP contribution in [-0.2, 0) is 0 Å². The van der Waals surface area contributed by atoms with Crippen LogP contribution in [0.2, 0.25) is 0 Å². The molecule has 0 aromatic carbocycles. The zero-order valence-electron chi connectivity index (χ0n) is 9.88. The Labute approximate surface area is 83.5 Å². The van der Waals surface area contributed by atoms with Crippen LogP contribution in [-0.4, -0.2) is 24.2 Å². The highest BCUT2D eigenvalue weighted by atomic mass is 15.2. The highest BCUT2D eigenvalue weighted by molar-refractivity contribution is 4.67. The zero-order chi connectivity index (χ0) is 10.4. The molecule has 0 fully saturated rings. The van der Waals surface area contributed by atoms with Crippen molar-refractivity contribution in [1.82, 2.24) is 4.90 Å². The van der Waals surface area contributed by atoms with Crippen molar-refractivity contribution in [1.29, 1.82) is 0 Å². The molecule has 0 heterocycles. The normalized spacial score (nSPS) is 14.5. The van der Waals surface area contributed by atoms with Gasteiger partial charge in [-0.05, 0) is 18.3 Å². The monoisotopic (exact) mass is 186 g/mol. The van der Waals surface area contributed by atoms with Crippen LogP contribution in [0.3, 0.4) is 0 Å². The first-order chi connectivity index (χ1) is 5.97. The lowest BCUT2D eigenvalue weighted by Crippen LogP contribution is -2.45. The summed E-state index contributed by atoms with van der Waals surface area (Å²) in [7, 11) is 0. The van der Waals surface area contributed by atoms with Crippen molar-refractivity contribution in [2.24, 2.45) is 17.6 Å². The van der Waals surface area contributed by atoms with E-state index in [9.17, 15) is 0 Å². The van der Waals surface area contributed by atoms with E-state index in [0.29, 0.717) is 11.8 Å². The molecule has 13 heavy (non-hydrogen) atoms. The molecule has 80 valence electrons. The van der Waals surface area contributed by atoms with Crippen LogP contribution in [0.15, 0.2) is 0 Å². The summed E-state index contributed by atoms with van der Waals surface area (Å²) in [5.41, 5.74) is 6.04. The van der Waals surface area contributed by atoms with Crippen molar-refractivity contribution in [2.75, 3.05) is 13.1 Å². The third-order valence-electron chi connectivity index (χ3n) is 2.09. The van der Waals surface area contributed by atoms with Gasteiger partial charge >= 0.3 is 0 Å². The second-order valence-corrected chi connectivity index (χ2v) is 4.72. The standard InChI is InChI=1S/C11H26N2/c1-6-11(12)13(7-9(2)3)8-10(4)5/h9-11H,6-8,12H2,1-5H3. The predicted molar refractivity (Wildman–Crippen MR) is 59.5 cm³/mol. The Bertz CT molecular complexity index is 111. The van der Waals surface area contributed by atoms with Crippen molar-refractivity contribution in [2.45, 2.75) is 47.2 Å². The molecule has 1 unspecified atom stereocenters. The van der Waals surface area contributed by atoms with E-state index < -0.39 is 0 Å². The molecule has 0 spiro atoms. The van der Waals surface area contributed by atoms with Crippen molar-refractivity contribution in [3.8, 4) is 0 Å². The quantitative estimate of drug-likeness (QED) is 0.645. The van der Waals surface area contributed by atoms with Gasteiger partial charge in [-0.2, -0.15) is 0 Å². The molecule has 2 N–H and O–H groups in total. The van der Waals surface area contributed by atoms with E-state index in [0.717, 1.165) is 19.5 Å². The number of hydrogen-bond acceptors (Lipinski definition) is 2. The van der Waals surface area contributed by atoms with Crippen LogP contribution in [0.25, 0.3) is 0 Å². The van der Waals surface area contributed by atoms with Crippen LogP contribution in [0.1, 0.15) is 41.0 Å². The number of rotatable bonds is 6. The topological polar surface area (TPSA) is 29.3 Å². The SMILES string of the molecule is CCC(N)N(CC(C)C)CC(C)C. The van der Waals surface area contributed by atoms with Crippen LogP contribution in [0, 0.1) is 11.8 Å². The Balaban J connectivity index is 4.02. The molecule has 0 saturated carbocycles. The van der Waals surface area contributed by atoms with Crippen LogP contribution in [0.5, 0.6) is 0 Å². The summed E-state index contributed by atoms with van der Waals surface area (Å²) in [4.78, 5) is 2.40. The summed E-state index contributed by atoms with van der Waals surface area (Å²) in [5, 5.41) is 0. The number of nitrogens with two attached hydrogens (primary N) is 1. The highest BCUT2D eigenvalue weighted by Gasteiger charge is 2.14. The average molecular weight is 186 g/mol.